The van der Waals surface area contributed by atoms with Crippen molar-refractivity contribution in [1.29, 1.82) is 0 Å². The van der Waals surface area contributed by atoms with Gasteiger partial charge in [0, 0.05) is 11.6 Å². The molecule has 0 radical (unpaired) electrons. The van der Waals surface area contributed by atoms with Gasteiger partial charge in [-0.1, -0.05) is 0 Å². The summed E-state index contributed by atoms with van der Waals surface area (Å²) in [6.07, 6.45) is 2.54. The molecule has 5 rings (SSSR count). The summed E-state index contributed by atoms with van der Waals surface area (Å²) in [5.74, 6) is 0.432. The Bertz CT molecular complexity index is 1320. The molecule has 3 heterocycles. The van der Waals surface area contributed by atoms with Crippen LogP contribution in [0.5, 0.6) is 5.75 Å². The van der Waals surface area contributed by atoms with Crippen LogP contribution < -0.4 is 10.1 Å². The summed E-state index contributed by atoms with van der Waals surface area (Å²) in [7, 11) is -3.09. The number of ether oxygens (including phenoxy) is 1. The van der Waals surface area contributed by atoms with Gasteiger partial charge >= 0.3 is 0 Å². The summed E-state index contributed by atoms with van der Waals surface area (Å²) in [6.45, 7) is 2.32. The minimum Gasteiger partial charge on any atom is -0.492 e. The number of rotatable bonds is 7. The van der Waals surface area contributed by atoms with Crippen LogP contribution in [0.2, 0.25) is 0 Å². The first-order chi connectivity index (χ1) is 15.8. The van der Waals surface area contributed by atoms with Crippen LogP contribution in [-0.4, -0.2) is 53.7 Å². The quantitative estimate of drug-likeness (QED) is 0.531. The van der Waals surface area contributed by atoms with E-state index in [-0.39, 0.29) is 42.4 Å². The summed E-state index contributed by atoms with van der Waals surface area (Å²) in [5, 5.41) is 8.13. The largest absolute Gasteiger partial charge is 0.492 e. The maximum atomic E-state index is 13.1. The van der Waals surface area contributed by atoms with Crippen LogP contribution in [0.25, 0.3) is 11.0 Å². The number of fused-ring (bicyclic) bond motifs is 1. The molecule has 1 atom stereocenters. The molecule has 1 aliphatic heterocycles. The van der Waals surface area contributed by atoms with Crippen molar-refractivity contribution in [2.24, 2.45) is 0 Å². The van der Waals surface area contributed by atoms with E-state index in [2.05, 4.69) is 10.4 Å². The van der Waals surface area contributed by atoms with Crippen molar-refractivity contribution >= 4 is 26.8 Å². The van der Waals surface area contributed by atoms with Crippen molar-refractivity contribution in [1.82, 2.24) is 20.1 Å². The topological polar surface area (TPSA) is 103 Å². The average molecular weight is 473 g/mol. The van der Waals surface area contributed by atoms with E-state index in [1.54, 1.807) is 4.68 Å². The summed E-state index contributed by atoms with van der Waals surface area (Å²) in [4.78, 5) is 17.9. The lowest BCUT2D eigenvalue weighted by Gasteiger charge is -2.12. The SMILES string of the molecule is Cc1nn(C2CCS(=O)(=O)C2)c2nc(C3CC3)cc(C(=O)NCCOc3ccc(F)cc3)c12. The lowest BCUT2D eigenvalue weighted by molar-refractivity contribution is 0.0948. The third kappa shape index (κ3) is 4.57. The number of nitrogens with one attached hydrogen (secondary N) is 1. The van der Waals surface area contributed by atoms with E-state index in [1.165, 1.54) is 24.3 Å². The number of hydrogen-bond donors (Lipinski definition) is 1. The molecule has 2 aromatic heterocycles. The Hall–Kier alpha value is -3.01. The molecule has 2 aliphatic rings. The number of carbonyl (C=O) groups is 1. The molecule has 0 bridgehead atoms. The van der Waals surface area contributed by atoms with Gasteiger partial charge in [-0.25, -0.2) is 22.5 Å². The molecule has 10 heteroatoms. The molecule has 1 N–H and O–H groups in total. The summed E-state index contributed by atoms with van der Waals surface area (Å²) >= 11 is 0. The van der Waals surface area contributed by atoms with Crippen molar-refractivity contribution in [3.05, 3.63) is 53.1 Å². The van der Waals surface area contributed by atoms with Crippen LogP contribution in [0.4, 0.5) is 4.39 Å². The van der Waals surface area contributed by atoms with Crippen LogP contribution in [0, 0.1) is 12.7 Å². The number of halogens is 1. The number of aromatic nitrogens is 3. The number of benzene rings is 1. The lowest BCUT2D eigenvalue weighted by atomic mass is 10.1. The molecule has 1 aliphatic carbocycles. The highest BCUT2D eigenvalue weighted by Crippen LogP contribution is 2.41. The smallest absolute Gasteiger partial charge is 0.252 e. The van der Waals surface area contributed by atoms with Crippen molar-refractivity contribution in [3.63, 3.8) is 0 Å². The van der Waals surface area contributed by atoms with E-state index in [0.717, 1.165) is 18.5 Å². The number of sulfone groups is 1. The maximum absolute atomic E-state index is 13.1. The summed E-state index contributed by atoms with van der Waals surface area (Å²) in [5.41, 5.74) is 2.56. The first kappa shape index (κ1) is 21.8. The maximum Gasteiger partial charge on any atom is 0.252 e. The Kier molecular flexibility index (Phi) is 5.55. The fourth-order valence-corrected chi connectivity index (χ4v) is 5.97. The van der Waals surface area contributed by atoms with Crippen molar-refractivity contribution in [2.75, 3.05) is 24.7 Å². The van der Waals surface area contributed by atoms with E-state index in [1.807, 2.05) is 13.0 Å². The molecule has 0 spiro atoms. The molecule has 33 heavy (non-hydrogen) atoms. The first-order valence-corrected chi connectivity index (χ1v) is 12.9. The Labute approximate surface area is 191 Å². The normalized spacial score (nSPS) is 19.6. The van der Waals surface area contributed by atoms with Crippen LogP contribution in [0.3, 0.4) is 0 Å². The van der Waals surface area contributed by atoms with Gasteiger partial charge in [0.1, 0.15) is 18.2 Å². The van der Waals surface area contributed by atoms with E-state index in [0.29, 0.717) is 40.4 Å². The van der Waals surface area contributed by atoms with Crippen molar-refractivity contribution < 1.29 is 22.3 Å². The highest BCUT2D eigenvalue weighted by molar-refractivity contribution is 7.91. The van der Waals surface area contributed by atoms with Gasteiger partial charge in [0.15, 0.2) is 15.5 Å². The molecular formula is C23H25FN4O4S. The average Bonchev–Trinajstić information content (AvgIpc) is 3.50. The zero-order chi connectivity index (χ0) is 23.2. The van der Waals surface area contributed by atoms with Gasteiger partial charge in [0.2, 0.25) is 0 Å². The van der Waals surface area contributed by atoms with Gasteiger partial charge in [0.25, 0.3) is 5.91 Å². The van der Waals surface area contributed by atoms with E-state index < -0.39 is 9.84 Å². The molecule has 8 nitrogen and oxygen atoms in total. The molecule has 1 amide bonds. The molecule has 1 aromatic carbocycles. The second-order valence-corrected chi connectivity index (χ2v) is 10.9. The highest BCUT2D eigenvalue weighted by Gasteiger charge is 2.34. The van der Waals surface area contributed by atoms with Gasteiger partial charge in [-0.05, 0) is 56.5 Å². The van der Waals surface area contributed by atoms with Gasteiger partial charge in [-0.2, -0.15) is 5.10 Å². The van der Waals surface area contributed by atoms with Gasteiger partial charge in [-0.3, -0.25) is 4.79 Å². The van der Waals surface area contributed by atoms with Gasteiger partial charge < -0.3 is 10.1 Å². The molecular weight excluding hydrogens is 447 g/mol. The van der Waals surface area contributed by atoms with E-state index in [9.17, 15) is 17.6 Å². The zero-order valence-electron chi connectivity index (χ0n) is 18.3. The van der Waals surface area contributed by atoms with E-state index >= 15 is 0 Å². The number of amides is 1. The fraction of sp³-hybridized carbons (Fsp3) is 0.435. The monoisotopic (exact) mass is 472 g/mol. The zero-order valence-corrected chi connectivity index (χ0v) is 19.1. The van der Waals surface area contributed by atoms with Crippen LogP contribution >= 0.6 is 0 Å². The second kappa shape index (κ2) is 8.40. The van der Waals surface area contributed by atoms with Crippen molar-refractivity contribution in [3.8, 4) is 5.75 Å². The molecule has 1 saturated heterocycles. The second-order valence-electron chi connectivity index (χ2n) is 8.71. The molecule has 2 fully saturated rings. The van der Waals surface area contributed by atoms with Crippen LogP contribution in [-0.2, 0) is 9.84 Å². The lowest BCUT2D eigenvalue weighted by Crippen LogP contribution is -2.28. The molecule has 174 valence electrons. The molecule has 1 saturated carbocycles. The van der Waals surface area contributed by atoms with Crippen LogP contribution in [0.1, 0.15) is 53.0 Å². The van der Waals surface area contributed by atoms with Crippen molar-refractivity contribution in [2.45, 2.75) is 38.1 Å². The standard InChI is InChI=1S/C23H25FN4O4S/c1-14-21-19(23(29)25-9-10-32-18-6-4-16(24)5-7-18)12-20(15-2-3-15)26-22(21)28(27-14)17-8-11-33(30,31)13-17/h4-7,12,15,17H,2-3,8-11,13H2,1H3,(H,25,29). The number of carbonyl (C=O) groups excluding carboxylic acids is 1. The Morgan fingerprint density at radius 2 is 2.00 bits per heavy atom. The number of aryl methyl sites for hydroxylation is 1. The number of nitrogens with zero attached hydrogens (tertiary/aromatic N) is 3. The third-order valence-electron chi connectivity index (χ3n) is 6.12. The van der Waals surface area contributed by atoms with Crippen LogP contribution in [0.15, 0.2) is 30.3 Å². The first-order valence-electron chi connectivity index (χ1n) is 11.1. The molecule has 1 unspecified atom stereocenters. The summed E-state index contributed by atoms with van der Waals surface area (Å²) in [6, 6.07) is 7.27. The number of pyridine rings is 1. The fourth-order valence-electron chi connectivity index (χ4n) is 4.28. The Morgan fingerprint density at radius 1 is 1.24 bits per heavy atom. The highest BCUT2D eigenvalue weighted by atomic mass is 32.2. The molecule has 3 aromatic rings. The van der Waals surface area contributed by atoms with E-state index in [4.69, 9.17) is 9.72 Å². The predicted octanol–water partition coefficient (Wildman–Crippen LogP) is 2.92. The number of hydrogen-bond acceptors (Lipinski definition) is 6. The summed E-state index contributed by atoms with van der Waals surface area (Å²) < 4.78 is 44.3. The Morgan fingerprint density at radius 3 is 2.67 bits per heavy atom. The van der Waals surface area contributed by atoms with Gasteiger partial charge in [0.05, 0.1) is 40.7 Å². The van der Waals surface area contributed by atoms with Gasteiger partial charge in [-0.15, -0.1) is 0 Å². The minimum atomic E-state index is -3.09. The minimum absolute atomic E-state index is 0.0425. The predicted molar refractivity (Wildman–Crippen MR) is 121 cm³/mol. The third-order valence-corrected chi connectivity index (χ3v) is 7.87. The Balaban J connectivity index is 1.38.